The largest absolute Gasteiger partial charge is 0.314 e. The molecule has 15 heavy (non-hydrogen) atoms. The molecule has 1 rings (SSSR count). The second-order valence-corrected chi connectivity index (χ2v) is 4.86. The van der Waals surface area contributed by atoms with Crippen LogP contribution in [0.5, 0.6) is 0 Å². The van der Waals surface area contributed by atoms with E-state index in [1.807, 2.05) is 11.8 Å². The Balaban J connectivity index is 2.11. The van der Waals surface area contributed by atoms with E-state index in [4.69, 9.17) is 0 Å². The summed E-state index contributed by atoms with van der Waals surface area (Å²) in [5, 5.41) is 3.55. The molecule has 0 saturated carbocycles. The summed E-state index contributed by atoms with van der Waals surface area (Å²) in [4.78, 5) is 0. The predicted octanol–water partition coefficient (Wildman–Crippen LogP) is 2.96. The summed E-state index contributed by atoms with van der Waals surface area (Å²) >= 11 is 1.92. The minimum absolute atomic E-state index is 0.640. The minimum Gasteiger partial charge on any atom is -0.314 e. The van der Waals surface area contributed by atoms with Crippen molar-refractivity contribution in [3.8, 4) is 0 Å². The van der Waals surface area contributed by atoms with E-state index in [1.165, 1.54) is 17.7 Å². The molecule has 0 aromatic heterocycles. The number of hydrogen-bond acceptors (Lipinski definition) is 2. The standard InChI is InChI=1S/C13H21NS/c1-12(9-11-15-2)14-10-8-13-6-4-3-5-7-13/h3-7,12,14H,8-11H2,1-2H3. The monoisotopic (exact) mass is 223 g/mol. The lowest BCUT2D eigenvalue weighted by atomic mass is 10.1. The number of benzene rings is 1. The van der Waals surface area contributed by atoms with Crippen molar-refractivity contribution >= 4 is 11.8 Å². The van der Waals surface area contributed by atoms with Crippen molar-refractivity contribution < 1.29 is 0 Å². The predicted molar refractivity (Wildman–Crippen MR) is 70.6 cm³/mol. The Bertz CT molecular complexity index is 248. The van der Waals surface area contributed by atoms with E-state index in [0.717, 1.165) is 13.0 Å². The third-order valence-electron chi connectivity index (χ3n) is 2.50. The maximum atomic E-state index is 3.55. The molecule has 1 atom stereocenters. The van der Waals surface area contributed by atoms with E-state index >= 15 is 0 Å². The Morgan fingerprint density at radius 3 is 2.67 bits per heavy atom. The zero-order chi connectivity index (χ0) is 10.9. The molecule has 1 aromatic rings. The topological polar surface area (TPSA) is 12.0 Å². The number of rotatable bonds is 7. The summed E-state index contributed by atoms with van der Waals surface area (Å²) in [7, 11) is 0. The highest BCUT2D eigenvalue weighted by molar-refractivity contribution is 7.98. The van der Waals surface area contributed by atoms with Gasteiger partial charge in [-0.3, -0.25) is 0 Å². The molecule has 84 valence electrons. The molecule has 0 fully saturated rings. The third kappa shape index (κ3) is 5.85. The molecule has 0 radical (unpaired) electrons. The van der Waals surface area contributed by atoms with Crippen LogP contribution in [0.2, 0.25) is 0 Å². The molecule has 1 unspecified atom stereocenters. The highest BCUT2D eigenvalue weighted by atomic mass is 32.2. The summed E-state index contributed by atoms with van der Waals surface area (Å²) in [6, 6.07) is 11.3. The molecule has 0 aliphatic rings. The van der Waals surface area contributed by atoms with Crippen molar-refractivity contribution in [2.45, 2.75) is 25.8 Å². The molecule has 0 bridgehead atoms. The van der Waals surface area contributed by atoms with Gasteiger partial charge < -0.3 is 5.32 Å². The lowest BCUT2D eigenvalue weighted by molar-refractivity contribution is 0.541. The van der Waals surface area contributed by atoms with Gasteiger partial charge in [-0.2, -0.15) is 11.8 Å². The summed E-state index contributed by atoms with van der Waals surface area (Å²) in [5.74, 6) is 1.25. The van der Waals surface area contributed by atoms with Gasteiger partial charge in [0.1, 0.15) is 0 Å². The van der Waals surface area contributed by atoms with Crippen molar-refractivity contribution in [1.82, 2.24) is 5.32 Å². The molecule has 1 aromatic carbocycles. The summed E-state index contributed by atoms with van der Waals surface area (Å²) < 4.78 is 0. The van der Waals surface area contributed by atoms with Crippen LogP contribution in [-0.4, -0.2) is 24.6 Å². The van der Waals surface area contributed by atoms with E-state index in [2.05, 4.69) is 48.8 Å². The van der Waals surface area contributed by atoms with Crippen LogP contribution in [0.3, 0.4) is 0 Å². The van der Waals surface area contributed by atoms with Crippen LogP contribution in [0, 0.1) is 0 Å². The second kappa shape index (κ2) is 7.77. The van der Waals surface area contributed by atoms with Gasteiger partial charge in [0, 0.05) is 6.04 Å². The van der Waals surface area contributed by atoms with Crippen LogP contribution >= 0.6 is 11.8 Å². The van der Waals surface area contributed by atoms with Crippen molar-refractivity contribution in [3.05, 3.63) is 35.9 Å². The number of hydrogen-bond donors (Lipinski definition) is 1. The molecule has 0 spiro atoms. The molecule has 0 aliphatic carbocycles. The van der Waals surface area contributed by atoms with Gasteiger partial charge in [0.05, 0.1) is 0 Å². The summed E-state index contributed by atoms with van der Waals surface area (Å²) in [6.45, 7) is 3.35. The molecule has 1 N–H and O–H groups in total. The van der Waals surface area contributed by atoms with Gasteiger partial charge in [-0.25, -0.2) is 0 Å². The van der Waals surface area contributed by atoms with Gasteiger partial charge in [0.15, 0.2) is 0 Å². The normalized spacial score (nSPS) is 12.7. The van der Waals surface area contributed by atoms with Crippen molar-refractivity contribution in [3.63, 3.8) is 0 Å². The maximum Gasteiger partial charge on any atom is 0.00467 e. The van der Waals surface area contributed by atoms with Crippen molar-refractivity contribution in [2.24, 2.45) is 0 Å². The van der Waals surface area contributed by atoms with Crippen LogP contribution in [0.25, 0.3) is 0 Å². The Labute approximate surface area is 97.7 Å². The Morgan fingerprint density at radius 1 is 1.27 bits per heavy atom. The Hall–Kier alpha value is -0.470. The van der Waals surface area contributed by atoms with Gasteiger partial charge in [-0.1, -0.05) is 30.3 Å². The second-order valence-electron chi connectivity index (χ2n) is 3.87. The zero-order valence-electron chi connectivity index (χ0n) is 9.70. The lowest BCUT2D eigenvalue weighted by Crippen LogP contribution is -2.28. The SMILES string of the molecule is CSCCC(C)NCCc1ccccc1. The van der Waals surface area contributed by atoms with Crippen molar-refractivity contribution in [2.75, 3.05) is 18.6 Å². The third-order valence-corrected chi connectivity index (χ3v) is 3.15. The fourth-order valence-corrected chi connectivity index (χ4v) is 2.09. The van der Waals surface area contributed by atoms with Crippen LogP contribution in [-0.2, 0) is 6.42 Å². The van der Waals surface area contributed by atoms with E-state index in [-0.39, 0.29) is 0 Å². The van der Waals surface area contributed by atoms with E-state index in [1.54, 1.807) is 0 Å². The maximum absolute atomic E-state index is 3.55. The van der Waals surface area contributed by atoms with Gasteiger partial charge in [-0.15, -0.1) is 0 Å². The number of nitrogens with one attached hydrogen (secondary N) is 1. The first-order chi connectivity index (χ1) is 7.33. The first-order valence-electron chi connectivity index (χ1n) is 5.59. The minimum atomic E-state index is 0.640. The number of thioether (sulfide) groups is 1. The first kappa shape index (κ1) is 12.6. The Kier molecular flexibility index (Phi) is 6.53. The van der Waals surface area contributed by atoms with Crippen LogP contribution in [0.15, 0.2) is 30.3 Å². The summed E-state index contributed by atoms with van der Waals surface area (Å²) in [5.41, 5.74) is 1.42. The van der Waals surface area contributed by atoms with Crippen molar-refractivity contribution in [1.29, 1.82) is 0 Å². The van der Waals surface area contributed by atoms with Crippen LogP contribution < -0.4 is 5.32 Å². The fraction of sp³-hybridized carbons (Fsp3) is 0.538. The van der Waals surface area contributed by atoms with Crippen LogP contribution in [0.1, 0.15) is 18.9 Å². The lowest BCUT2D eigenvalue weighted by Gasteiger charge is -2.12. The van der Waals surface area contributed by atoms with Gasteiger partial charge >= 0.3 is 0 Å². The zero-order valence-corrected chi connectivity index (χ0v) is 10.5. The van der Waals surface area contributed by atoms with Gasteiger partial charge in [0.2, 0.25) is 0 Å². The smallest absolute Gasteiger partial charge is 0.00467 e. The first-order valence-corrected chi connectivity index (χ1v) is 6.98. The average molecular weight is 223 g/mol. The molecule has 1 nitrogen and oxygen atoms in total. The molecular formula is C13H21NS. The highest BCUT2D eigenvalue weighted by Gasteiger charge is 1.99. The van der Waals surface area contributed by atoms with Gasteiger partial charge in [0.25, 0.3) is 0 Å². The molecule has 2 heteroatoms. The molecular weight excluding hydrogens is 202 g/mol. The summed E-state index contributed by atoms with van der Waals surface area (Å²) in [6.07, 6.45) is 4.55. The van der Waals surface area contributed by atoms with E-state index in [0.29, 0.717) is 6.04 Å². The quantitative estimate of drug-likeness (QED) is 0.763. The van der Waals surface area contributed by atoms with Crippen LogP contribution in [0.4, 0.5) is 0 Å². The molecule has 0 saturated heterocycles. The highest BCUT2D eigenvalue weighted by Crippen LogP contribution is 2.01. The molecule has 0 aliphatic heterocycles. The molecule has 0 amide bonds. The van der Waals surface area contributed by atoms with E-state index < -0.39 is 0 Å². The fourth-order valence-electron chi connectivity index (χ4n) is 1.50. The average Bonchev–Trinajstić information content (AvgIpc) is 2.28. The Morgan fingerprint density at radius 2 is 2.00 bits per heavy atom. The molecule has 0 heterocycles. The van der Waals surface area contributed by atoms with E-state index in [9.17, 15) is 0 Å². The van der Waals surface area contributed by atoms with Gasteiger partial charge in [-0.05, 0) is 43.9 Å².